The van der Waals surface area contributed by atoms with Gasteiger partial charge in [-0.2, -0.15) is 5.10 Å². The maximum absolute atomic E-state index is 13.1. The van der Waals surface area contributed by atoms with Crippen LogP contribution >= 0.6 is 15.9 Å². The van der Waals surface area contributed by atoms with Crippen molar-refractivity contribution in [1.82, 2.24) is 20.5 Å². The average molecular weight is 313 g/mol. The SMILES string of the molecule is CC(NCCc1ncn[nH]1)c1ccc(F)c(Br)c1. The van der Waals surface area contributed by atoms with Gasteiger partial charge in [-0.25, -0.2) is 9.37 Å². The van der Waals surface area contributed by atoms with Gasteiger partial charge in [0.2, 0.25) is 0 Å². The molecule has 0 saturated heterocycles. The molecule has 1 aromatic heterocycles. The number of hydrogen-bond acceptors (Lipinski definition) is 3. The first-order valence-electron chi connectivity index (χ1n) is 5.69. The molecule has 18 heavy (non-hydrogen) atoms. The molecular formula is C12H14BrFN4. The van der Waals surface area contributed by atoms with Crippen LogP contribution in [0.4, 0.5) is 4.39 Å². The Morgan fingerprint density at radius 1 is 1.50 bits per heavy atom. The first-order chi connectivity index (χ1) is 8.66. The van der Waals surface area contributed by atoms with E-state index in [1.807, 2.05) is 6.92 Å². The van der Waals surface area contributed by atoms with Gasteiger partial charge in [-0.3, -0.25) is 5.10 Å². The van der Waals surface area contributed by atoms with Crippen molar-refractivity contribution >= 4 is 15.9 Å². The van der Waals surface area contributed by atoms with E-state index in [1.165, 1.54) is 12.4 Å². The fourth-order valence-electron chi connectivity index (χ4n) is 1.66. The summed E-state index contributed by atoms with van der Waals surface area (Å²) in [4.78, 5) is 4.05. The first-order valence-corrected chi connectivity index (χ1v) is 6.48. The number of aromatic nitrogens is 3. The predicted molar refractivity (Wildman–Crippen MR) is 70.6 cm³/mol. The normalized spacial score (nSPS) is 12.6. The summed E-state index contributed by atoms with van der Waals surface area (Å²) in [6.07, 6.45) is 2.28. The Morgan fingerprint density at radius 2 is 2.33 bits per heavy atom. The van der Waals surface area contributed by atoms with Crippen LogP contribution in [0.2, 0.25) is 0 Å². The number of hydrogen-bond donors (Lipinski definition) is 2. The van der Waals surface area contributed by atoms with Gasteiger partial charge in [-0.15, -0.1) is 0 Å². The summed E-state index contributed by atoms with van der Waals surface area (Å²) in [6, 6.07) is 5.20. The Kier molecular flexibility index (Phi) is 4.43. The van der Waals surface area contributed by atoms with Gasteiger partial charge in [-0.05, 0) is 40.5 Å². The van der Waals surface area contributed by atoms with E-state index in [2.05, 4.69) is 36.4 Å². The predicted octanol–water partition coefficient (Wildman–Crippen LogP) is 2.60. The molecule has 2 rings (SSSR count). The number of nitrogens with zero attached hydrogens (tertiary/aromatic N) is 2. The van der Waals surface area contributed by atoms with E-state index in [4.69, 9.17) is 0 Å². The number of benzene rings is 1. The van der Waals surface area contributed by atoms with Crippen molar-refractivity contribution in [2.45, 2.75) is 19.4 Å². The van der Waals surface area contributed by atoms with Crippen LogP contribution in [0.15, 0.2) is 29.0 Å². The smallest absolute Gasteiger partial charge is 0.137 e. The standard InChI is InChI=1S/C12H14BrFN4/c1-8(9-2-3-11(14)10(13)6-9)15-5-4-12-16-7-17-18-12/h2-3,6-8,15H,4-5H2,1H3,(H,16,17,18). The summed E-state index contributed by atoms with van der Waals surface area (Å²) in [7, 11) is 0. The van der Waals surface area contributed by atoms with Crippen LogP contribution in [0.5, 0.6) is 0 Å². The zero-order valence-electron chi connectivity index (χ0n) is 9.95. The van der Waals surface area contributed by atoms with Gasteiger partial charge < -0.3 is 5.32 Å². The van der Waals surface area contributed by atoms with Crippen molar-refractivity contribution in [3.63, 3.8) is 0 Å². The van der Waals surface area contributed by atoms with Gasteiger partial charge in [-0.1, -0.05) is 6.07 Å². The fourth-order valence-corrected chi connectivity index (χ4v) is 2.05. The molecule has 0 bridgehead atoms. The van der Waals surface area contributed by atoms with E-state index < -0.39 is 0 Å². The van der Waals surface area contributed by atoms with Crippen molar-refractivity contribution in [1.29, 1.82) is 0 Å². The number of rotatable bonds is 5. The van der Waals surface area contributed by atoms with E-state index in [9.17, 15) is 4.39 Å². The van der Waals surface area contributed by atoms with E-state index in [1.54, 1.807) is 12.1 Å². The van der Waals surface area contributed by atoms with Crippen LogP contribution in [-0.4, -0.2) is 21.7 Å². The van der Waals surface area contributed by atoms with Crippen molar-refractivity contribution in [2.24, 2.45) is 0 Å². The van der Waals surface area contributed by atoms with Crippen LogP contribution in [0.3, 0.4) is 0 Å². The molecular weight excluding hydrogens is 299 g/mol. The number of H-pyrrole nitrogens is 1. The molecule has 4 nitrogen and oxygen atoms in total. The third-order valence-corrected chi connectivity index (χ3v) is 3.33. The van der Waals surface area contributed by atoms with E-state index in [0.29, 0.717) is 4.47 Å². The van der Waals surface area contributed by atoms with Crippen molar-refractivity contribution in [3.8, 4) is 0 Å². The molecule has 0 fully saturated rings. The Labute approximate surface area is 113 Å². The number of halogens is 2. The van der Waals surface area contributed by atoms with E-state index in [-0.39, 0.29) is 11.9 Å². The highest BCUT2D eigenvalue weighted by Crippen LogP contribution is 2.21. The Bertz CT molecular complexity index is 501. The molecule has 0 saturated carbocycles. The molecule has 0 radical (unpaired) electrons. The van der Waals surface area contributed by atoms with Gasteiger partial charge in [0.25, 0.3) is 0 Å². The summed E-state index contributed by atoms with van der Waals surface area (Å²) in [5.74, 6) is 0.614. The van der Waals surface area contributed by atoms with Gasteiger partial charge in [0, 0.05) is 19.0 Å². The second-order valence-corrected chi connectivity index (χ2v) is 4.89. The number of aromatic amines is 1. The van der Waals surface area contributed by atoms with Crippen LogP contribution in [0.25, 0.3) is 0 Å². The third-order valence-electron chi connectivity index (χ3n) is 2.72. The maximum Gasteiger partial charge on any atom is 0.137 e. The summed E-state index contributed by atoms with van der Waals surface area (Å²) in [6.45, 7) is 2.82. The lowest BCUT2D eigenvalue weighted by Crippen LogP contribution is -2.21. The monoisotopic (exact) mass is 312 g/mol. The Morgan fingerprint density at radius 3 is 3.00 bits per heavy atom. The van der Waals surface area contributed by atoms with Gasteiger partial charge in [0.05, 0.1) is 4.47 Å². The first kappa shape index (κ1) is 13.2. The van der Waals surface area contributed by atoms with Crippen molar-refractivity contribution in [3.05, 3.63) is 46.2 Å². The topological polar surface area (TPSA) is 53.6 Å². The van der Waals surface area contributed by atoms with Gasteiger partial charge >= 0.3 is 0 Å². The minimum absolute atomic E-state index is 0.157. The van der Waals surface area contributed by atoms with E-state index >= 15 is 0 Å². The molecule has 0 spiro atoms. The maximum atomic E-state index is 13.1. The van der Waals surface area contributed by atoms with Crippen LogP contribution < -0.4 is 5.32 Å². The van der Waals surface area contributed by atoms with Crippen molar-refractivity contribution in [2.75, 3.05) is 6.54 Å². The largest absolute Gasteiger partial charge is 0.310 e. The Hall–Kier alpha value is -1.27. The lowest BCUT2D eigenvalue weighted by atomic mass is 10.1. The highest BCUT2D eigenvalue weighted by atomic mass is 79.9. The molecule has 1 aromatic carbocycles. The van der Waals surface area contributed by atoms with Crippen LogP contribution in [0, 0.1) is 5.82 Å². The summed E-state index contributed by atoms with van der Waals surface area (Å²) < 4.78 is 13.6. The third kappa shape index (κ3) is 3.36. The quantitative estimate of drug-likeness (QED) is 0.892. The summed E-state index contributed by atoms with van der Waals surface area (Å²) in [5, 5.41) is 9.95. The Balaban J connectivity index is 1.87. The summed E-state index contributed by atoms with van der Waals surface area (Å²) >= 11 is 3.19. The van der Waals surface area contributed by atoms with Crippen LogP contribution in [-0.2, 0) is 6.42 Å². The lowest BCUT2D eigenvalue weighted by molar-refractivity contribution is 0.566. The molecule has 0 amide bonds. The van der Waals surface area contributed by atoms with Crippen molar-refractivity contribution < 1.29 is 4.39 Å². The minimum atomic E-state index is -0.243. The highest BCUT2D eigenvalue weighted by molar-refractivity contribution is 9.10. The fraction of sp³-hybridized carbons (Fsp3) is 0.333. The molecule has 1 atom stereocenters. The molecule has 2 aromatic rings. The molecule has 0 aliphatic carbocycles. The molecule has 2 N–H and O–H groups in total. The molecule has 6 heteroatoms. The minimum Gasteiger partial charge on any atom is -0.310 e. The average Bonchev–Trinajstić information content (AvgIpc) is 2.85. The second kappa shape index (κ2) is 6.06. The van der Waals surface area contributed by atoms with E-state index in [0.717, 1.165) is 24.4 Å². The molecule has 1 heterocycles. The molecule has 0 aliphatic rings. The van der Waals surface area contributed by atoms with Gasteiger partial charge in [0.15, 0.2) is 0 Å². The molecule has 1 unspecified atom stereocenters. The molecule has 0 aliphatic heterocycles. The highest BCUT2D eigenvalue weighted by Gasteiger charge is 2.07. The summed E-state index contributed by atoms with van der Waals surface area (Å²) in [5.41, 5.74) is 1.04. The second-order valence-electron chi connectivity index (χ2n) is 4.03. The van der Waals surface area contributed by atoms with Gasteiger partial charge in [0.1, 0.15) is 18.0 Å². The van der Waals surface area contributed by atoms with Crippen LogP contribution in [0.1, 0.15) is 24.4 Å². The zero-order valence-corrected chi connectivity index (χ0v) is 11.5. The molecule has 96 valence electrons. The number of nitrogens with one attached hydrogen (secondary N) is 2. The zero-order chi connectivity index (χ0) is 13.0. The lowest BCUT2D eigenvalue weighted by Gasteiger charge is -2.14.